The lowest BCUT2D eigenvalue weighted by atomic mass is 10.1. The second-order valence-corrected chi connectivity index (χ2v) is 6.87. The fraction of sp³-hybridized carbons (Fsp3) is 0.556. The van der Waals surface area contributed by atoms with E-state index in [0.29, 0.717) is 6.04 Å². The second kappa shape index (κ2) is 12.1. The Bertz CT molecular complexity index is 377. The lowest BCUT2D eigenvalue weighted by molar-refractivity contribution is 0.490. The van der Waals surface area contributed by atoms with Crippen LogP contribution in [0.2, 0.25) is 5.02 Å². The quantitative estimate of drug-likeness (QED) is 0.290. The molecule has 1 aromatic carbocycles. The van der Waals surface area contributed by atoms with Crippen LogP contribution in [0.25, 0.3) is 0 Å². The summed E-state index contributed by atoms with van der Waals surface area (Å²) in [5, 5.41) is 4.48. The van der Waals surface area contributed by atoms with Gasteiger partial charge in [0.15, 0.2) is 0 Å². The molecule has 0 radical (unpaired) electrons. The molecule has 0 spiro atoms. The van der Waals surface area contributed by atoms with E-state index in [1.807, 2.05) is 30.0 Å². The molecule has 0 aliphatic rings. The Morgan fingerprint density at radius 3 is 2.67 bits per heavy atom. The maximum atomic E-state index is 5.92. The van der Waals surface area contributed by atoms with Crippen LogP contribution in [0, 0.1) is 0 Å². The van der Waals surface area contributed by atoms with Crippen LogP contribution in [0.4, 0.5) is 0 Å². The van der Waals surface area contributed by atoms with Crippen LogP contribution in [0.15, 0.2) is 41.8 Å². The number of nitrogens with one attached hydrogen (secondary N) is 1. The van der Waals surface area contributed by atoms with E-state index in [9.17, 15) is 0 Å². The van der Waals surface area contributed by atoms with Crippen molar-refractivity contribution in [3.8, 4) is 0 Å². The molecule has 118 valence electrons. The number of unbranched alkanes of at least 4 members (excludes halogenated alkanes) is 3. The number of halogens is 1. The monoisotopic (exact) mass is 325 g/mol. The van der Waals surface area contributed by atoms with Crippen molar-refractivity contribution in [1.82, 2.24) is 5.32 Å². The Morgan fingerprint density at radius 2 is 2.00 bits per heavy atom. The molecule has 1 nitrogen and oxygen atoms in total. The van der Waals surface area contributed by atoms with Gasteiger partial charge < -0.3 is 5.32 Å². The molecule has 0 saturated heterocycles. The van der Waals surface area contributed by atoms with Crippen LogP contribution in [0.1, 0.15) is 45.4 Å². The minimum atomic E-state index is 0.606. The van der Waals surface area contributed by atoms with Crippen LogP contribution < -0.4 is 5.32 Å². The molecule has 1 atom stereocenters. The van der Waals surface area contributed by atoms with Gasteiger partial charge in [-0.2, -0.15) is 0 Å². The van der Waals surface area contributed by atoms with Crippen molar-refractivity contribution in [2.75, 3.05) is 12.3 Å². The van der Waals surface area contributed by atoms with Gasteiger partial charge in [-0.15, -0.1) is 18.3 Å². The summed E-state index contributed by atoms with van der Waals surface area (Å²) in [6, 6.07) is 8.75. The fourth-order valence-electron chi connectivity index (χ4n) is 2.18. The van der Waals surface area contributed by atoms with Gasteiger partial charge in [0.2, 0.25) is 0 Å². The van der Waals surface area contributed by atoms with Gasteiger partial charge in [-0.3, -0.25) is 0 Å². The standard InChI is InChI=1S/C18H28ClNS/c1-3-5-6-7-8-9-17(20-14-4-2)15-21-18-12-10-16(19)11-13-18/h3,10-13,17,20H,1,4-9,14-15H2,2H3. The first-order valence-electron chi connectivity index (χ1n) is 7.99. The van der Waals surface area contributed by atoms with Crippen molar-refractivity contribution in [3.05, 3.63) is 41.9 Å². The molecular formula is C18H28ClNS. The van der Waals surface area contributed by atoms with Crippen molar-refractivity contribution in [1.29, 1.82) is 0 Å². The number of hydrogen-bond acceptors (Lipinski definition) is 2. The van der Waals surface area contributed by atoms with Gasteiger partial charge >= 0.3 is 0 Å². The van der Waals surface area contributed by atoms with Gasteiger partial charge in [-0.05, 0) is 56.5 Å². The van der Waals surface area contributed by atoms with Crippen LogP contribution in [-0.4, -0.2) is 18.3 Å². The molecule has 1 rings (SSSR count). The smallest absolute Gasteiger partial charge is 0.0406 e. The maximum absolute atomic E-state index is 5.92. The first kappa shape index (κ1) is 18.6. The average Bonchev–Trinajstić information content (AvgIpc) is 2.50. The molecule has 0 heterocycles. The minimum absolute atomic E-state index is 0.606. The molecule has 0 aromatic heterocycles. The zero-order valence-corrected chi connectivity index (χ0v) is 14.7. The van der Waals surface area contributed by atoms with Crippen molar-refractivity contribution in [2.45, 2.75) is 56.4 Å². The Labute approximate surface area is 139 Å². The summed E-state index contributed by atoms with van der Waals surface area (Å²) in [6.07, 6.45) is 9.50. The summed E-state index contributed by atoms with van der Waals surface area (Å²) in [7, 11) is 0. The summed E-state index contributed by atoms with van der Waals surface area (Å²) in [4.78, 5) is 1.30. The second-order valence-electron chi connectivity index (χ2n) is 5.34. The van der Waals surface area contributed by atoms with Crippen molar-refractivity contribution < 1.29 is 0 Å². The topological polar surface area (TPSA) is 12.0 Å². The van der Waals surface area contributed by atoms with Crippen LogP contribution in [-0.2, 0) is 0 Å². The Kier molecular flexibility index (Phi) is 10.8. The highest BCUT2D eigenvalue weighted by molar-refractivity contribution is 7.99. The third-order valence-corrected chi connectivity index (χ3v) is 4.84. The van der Waals surface area contributed by atoms with Gasteiger partial charge in [0.05, 0.1) is 0 Å². The SMILES string of the molecule is C=CCCCCCC(CSc1ccc(Cl)cc1)NCCC. The molecule has 3 heteroatoms. The molecule has 0 saturated carbocycles. The van der Waals surface area contributed by atoms with Crippen LogP contribution in [0.5, 0.6) is 0 Å². The molecule has 1 unspecified atom stereocenters. The molecule has 0 bridgehead atoms. The van der Waals surface area contributed by atoms with E-state index in [2.05, 4.69) is 31.0 Å². The molecule has 0 fully saturated rings. The van der Waals surface area contributed by atoms with Crippen molar-refractivity contribution >= 4 is 23.4 Å². The van der Waals surface area contributed by atoms with E-state index in [-0.39, 0.29) is 0 Å². The predicted molar refractivity (Wildman–Crippen MR) is 97.5 cm³/mol. The highest BCUT2D eigenvalue weighted by Crippen LogP contribution is 2.22. The predicted octanol–water partition coefficient (Wildman–Crippen LogP) is 5.94. The average molecular weight is 326 g/mol. The Hall–Kier alpha value is -0.440. The van der Waals surface area contributed by atoms with Crippen LogP contribution >= 0.6 is 23.4 Å². The third kappa shape index (κ3) is 9.23. The Balaban J connectivity index is 2.30. The molecule has 21 heavy (non-hydrogen) atoms. The first-order valence-corrected chi connectivity index (χ1v) is 9.35. The summed E-state index contributed by atoms with van der Waals surface area (Å²) in [5.41, 5.74) is 0. The van der Waals surface area contributed by atoms with Crippen molar-refractivity contribution in [3.63, 3.8) is 0 Å². The van der Waals surface area contributed by atoms with Gasteiger partial charge in [-0.25, -0.2) is 0 Å². The van der Waals surface area contributed by atoms with E-state index in [1.54, 1.807) is 0 Å². The molecule has 0 aliphatic carbocycles. The van der Waals surface area contributed by atoms with E-state index in [0.717, 1.165) is 23.7 Å². The number of hydrogen-bond donors (Lipinski definition) is 1. The maximum Gasteiger partial charge on any atom is 0.0406 e. The van der Waals surface area contributed by atoms with Gasteiger partial charge in [-0.1, -0.05) is 37.4 Å². The van der Waals surface area contributed by atoms with Crippen LogP contribution in [0.3, 0.4) is 0 Å². The number of allylic oxidation sites excluding steroid dienone is 1. The van der Waals surface area contributed by atoms with Gasteiger partial charge in [0.25, 0.3) is 0 Å². The van der Waals surface area contributed by atoms with Gasteiger partial charge in [0.1, 0.15) is 0 Å². The normalized spacial score (nSPS) is 12.3. The third-order valence-electron chi connectivity index (χ3n) is 3.41. The van der Waals surface area contributed by atoms with E-state index < -0.39 is 0 Å². The Morgan fingerprint density at radius 1 is 1.24 bits per heavy atom. The molecule has 1 N–H and O–H groups in total. The van der Waals surface area contributed by atoms with E-state index in [4.69, 9.17) is 11.6 Å². The van der Waals surface area contributed by atoms with Crippen molar-refractivity contribution in [2.24, 2.45) is 0 Å². The number of rotatable bonds is 12. The largest absolute Gasteiger partial charge is 0.313 e. The molecule has 0 amide bonds. The zero-order valence-electron chi connectivity index (χ0n) is 13.1. The molecule has 1 aromatic rings. The van der Waals surface area contributed by atoms with E-state index >= 15 is 0 Å². The minimum Gasteiger partial charge on any atom is -0.313 e. The number of thioether (sulfide) groups is 1. The lowest BCUT2D eigenvalue weighted by Gasteiger charge is -2.18. The lowest BCUT2D eigenvalue weighted by Crippen LogP contribution is -2.31. The number of benzene rings is 1. The zero-order chi connectivity index (χ0) is 15.3. The summed E-state index contributed by atoms with van der Waals surface area (Å²) >= 11 is 7.84. The first-order chi connectivity index (χ1) is 10.3. The fourth-order valence-corrected chi connectivity index (χ4v) is 3.31. The van der Waals surface area contributed by atoms with E-state index in [1.165, 1.54) is 37.0 Å². The highest BCUT2D eigenvalue weighted by Gasteiger charge is 2.08. The van der Waals surface area contributed by atoms with Gasteiger partial charge in [0, 0.05) is 21.7 Å². The molecular weight excluding hydrogens is 298 g/mol. The summed E-state index contributed by atoms with van der Waals surface area (Å²) in [5.74, 6) is 1.13. The summed E-state index contributed by atoms with van der Waals surface area (Å²) in [6.45, 7) is 7.11. The summed E-state index contributed by atoms with van der Waals surface area (Å²) < 4.78 is 0. The molecule has 0 aliphatic heterocycles. The highest BCUT2D eigenvalue weighted by atomic mass is 35.5.